The highest BCUT2D eigenvalue weighted by Crippen LogP contribution is 2.29. The molecule has 2 heterocycles. The maximum atomic E-state index is 12.5. The normalized spacial score (nSPS) is 10.7. The number of aromatic nitrogens is 4. The molecule has 0 saturated carbocycles. The Labute approximate surface area is 188 Å². The summed E-state index contributed by atoms with van der Waals surface area (Å²) in [7, 11) is 0. The standard InChI is InChI=1S/C20H14ClN5O3S2/c21-13-6-8-14(9-7-13)26-15(10-16(27)23-19(26)29)22-17(28)11-30-20-25-24-18(31-20)12-4-2-1-3-5-12/h1-10H,11H2,(H,22,28)(H,23,27,29). The van der Waals surface area contributed by atoms with Crippen LogP contribution in [0.5, 0.6) is 0 Å². The minimum Gasteiger partial charge on any atom is -0.311 e. The van der Waals surface area contributed by atoms with E-state index in [1.807, 2.05) is 30.3 Å². The first-order valence-corrected chi connectivity index (χ1v) is 11.1. The highest BCUT2D eigenvalue weighted by atomic mass is 35.5. The molecule has 8 nitrogen and oxygen atoms in total. The van der Waals surface area contributed by atoms with Crippen LogP contribution >= 0.6 is 34.7 Å². The van der Waals surface area contributed by atoms with Gasteiger partial charge in [-0.25, -0.2) is 9.36 Å². The van der Waals surface area contributed by atoms with Crippen LogP contribution in [-0.2, 0) is 4.79 Å². The van der Waals surface area contributed by atoms with Crippen LogP contribution < -0.4 is 16.6 Å². The van der Waals surface area contributed by atoms with Crippen molar-refractivity contribution >= 4 is 46.4 Å². The van der Waals surface area contributed by atoms with Crippen LogP contribution in [0.2, 0.25) is 5.02 Å². The molecule has 0 saturated heterocycles. The Morgan fingerprint density at radius 1 is 1.10 bits per heavy atom. The number of hydrogen-bond acceptors (Lipinski definition) is 7. The maximum absolute atomic E-state index is 12.5. The van der Waals surface area contributed by atoms with E-state index in [1.54, 1.807) is 24.3 Å². The molecule has 11 heteroatoms. The Balaban J connectivity index is 1.49. The molecule has 4 aromatic rings. The first kappa shape index (κ1) is 21.0. The smallest absolute Gasteiger partial charge is 0.311 e. The van der Waals surface area contributed by atoms with Gasteiger partial charge in [-0.05, 0) is 24.3 Å². The number of benzene rings is 2. The van der Waals surface area contributed by atoms with E-state index in [9.17, 15) is 14.4 Å². The highest BCUT2D eigenvalue weighted by Gasteiger charge is 2.14. The van der Waals surface area contributed by atoms with Crippen molar-refractivity contribution in [1.82, 2.24) is 19.7 Å². The van der Waals surface area contributed by atoms with Crippen molar-refractivity contribution in [2.24, 2.45) is 0 Å². The van der Waals surface area contributed by atoms with Gasteiger partial charge in [-0.3, -0.25) is 14.6 Å². The molecule has 0 fully saturated rings. The average Bonchev–Trinajstić information content (AvgIpc) is 3.23. The third-order valence-electron chi connectivity index (χ3n) is 4.05. The molecule has 0 radical (unpaired) electrons. The topological polar surface area (TPSA) is 110 Å². The van der Waals surface area contributed by atoms with Crippen molar-refractivity contribution in [3.05, 3.63) is 86.5 Å². The molecular weight excluding hydrogens is 458 g/mol. The van der Waals surface area contributed by atoms with Crippen LogP contribution in [0, 0.1) is 0 Å². The van der Waals surface area contributed by atoms with Gasteiger partial charge >= 0.3 is 5.69 Å². The summed E-state index contributed by atoms with van der Waals surface area (Å²) in [5.74, 6) is -0.302. The van der Waals surface area contributed by atoms with Crippen LogP contribution in [0.3, 0.4) is 0 Å². The second-order valence-corrected chi connectivity index (χ2v) is 8.85. The molecule has 0 spiro atoms. The third-order valence-corrected chi connectivity index (χ3v) is 6.41. The SMILES string of the molecule is O=C(CSc1nnc(-c2ccccc2)s1)Nc1cc(=O)[nH]c(=O)n1-c1ccc(Cl)cc1. The molecule has 156 valence electrons. The van der Waals surface area contributed by atoms with E-state index >= 15 is 0 Å². The van der Waals surface area contributed by atoms with Gasteiger partial charge in [0.1, 0.15) is 10.8 Å². The zero-order chi connectivity index (χ0) is 21.8. The number of anilines is 1. The number of nitrogens with one attached hydrogen (secondary N) is 2. The zero-order valence-corrected chi connectivity index (χ0v) is 18.1. The molecule has 0 aliphatic rings. The predicted molar refractivity (Wildman–Crippen MR) is 122 cm³/mol. The monoisotopic (exact) mass is 471 g/mol. The van der Waals surface area contributed by atoms with Gasteiger partial charge in [-0.15, -0.1) is 10.2 Å². The molecule has 4 rings (SSSR count). The quantitative estimate of drug-likeness (QED) is 0.417. The number of halogens is 1. The lowest BCUT2D eigenvalue weighted by Crippen LogP contribution is -2.32. The molecule has 0 bridgehead atoms. The van der Waals surface area contributed by atoms with E-state index < -0.39 is 17.2 Å². The number of rotatable bonds is 6. The van der Waals surface area contributed by atoms with E-state index in [4.69, 9.17) is 11.6 Å². The molecule has 0 aliphatic heterocycles. The van der Waals surface area contributed by atoms with E-state index in [0.29, 0.717) is 15.0 Å². The fraction of sp³-hybridized carbons (Fsp3) is 0.0500. The number of H-pyrrole nitrogens is 1. The lowest BCUT2D eigenvalue weighted by Gasteiger charge is -2.12. The van der Waals surface area contributed by atoms with Crippen LogP contribution in [0.1, 0.15) is 0 Å². The number of carbonyl (C=O) groups is 1. The van der Waals surface area contributed by atoms with Crippen molar-refractivity contribution in [3.8, 4) is 16.3 Å². The number of thioether (sulfide) groups is 1. The summed E-state index contributed by atoms with van der Waals surface area (Å²) in [6.45, 7) is 0. The fourth-order valence-corrected chi connectivity index (χ4v) is 4.49. The molecule has 31 heavy (non-hydrogen) atoms. The van der Waals surface area contributed by atoms with Gasteiger partial charge in [0, 0.05) is 16.7 Å². The largest absolute Gasteiger partial charge is 0.334 e. The summed E-state index contributed by atoms with van der Waals surface area (Å²) < 4.78 is 1.83. The number of aromatic amines is 1. The molecule has 1 amide bonds. The Kier molecular flexibility index (Phi) is 6.31. The molecule has 0 unspecified atom stereocenters. The molecule has 2 aromatic carbocycles. The van der Waals surface area contributed by atoms with E-state index in [2.05, 4.69) is 20.5 Å². The van der Waals surface area contributed by atoms with Gasteiger partial charge in [0.2, 0.25) is 5.91 Å². The molecule has 2 aromatic heterocycles. The van der Waals surface area contributed by atoms with Gasteiger partial charge in [-0.2, -0.15) is 0 Å². The summed E-state index contributed by atoms with van der Waals surface area (Å²) in [5, 5.41) is 12.1. The number of amides is 1. The van der Waals surface area contributed by atoms with Crippen LogP contribution in [0.4, 0.5) is 5.82 Å². The lowest BCUT2D eigenvalue weighted by atomic mass is 10.2. The summed E-state index contributed by atoms with van der Waals surface area (Å²) >= 11 is 8.50. The van der Waals surface area contributed by atoms with Crippen molar-refractivity contribution in [3.63, 3.8) is 0 Å². The Bertz CT molecular complexity index is 1330. The summed E-state index contributed by atoms with van der Waals surface area (Å²) in [5.41, 5.74) is 0.112. The summed E-state index contributed by atoms with van der Waals surface area (Å²) in [6, 6.07) is 17.2. The Morgan fingerprint density at radius 3 is 2.58 bits per heavy atom. The van der Waals surface area contributed by atoms with Gasteiger partial charge in [0.15, 0.2) is 4.34 Å². The van der Waals surface area contributed by atoms with Crippen molar-refractivity contribution in [1.29, 1.82) is 0 Å². The van der Waals surface area contributed by atoms with Gasteiger partial charge in [0.05, 0.1) is 11.4 Å². The highest BCUT2D eigenvalue weighted by molar-refractivity contribution is 8.01. The van der Waals surface area contributed by atoms with E-state index in [1.165, 1.54) is 27.7 Å². The second kappa shape index (κ2) is 9.29. The number of nitrogens with zero attached hydrogens (tertiary/aromatic N) is 3. The predicted octanol–water partition coefficient (Wildman–Crippen LogP) is 3.43. The van der Waals surface area contributed by atoms with Gasteiger partial charge in [-0.1, -0.05) is 65.0 Å². The van der Waals surface area contributed by atoms with Gasteiger partial charge in [0.25, 0.3) is 5.56 Å². The van der Waals surface area contributed by atoms with E-state index in [-0.39, 0.29) is 11.6 Å². The summed E-state index contributed by atoms with van der Waals surface area (Å²) in [6.07, 6.45) is 0. The van der Waals surface area contributed by atoms with Gasteiger partial charge < -0.3 is 5.32 Å². The van der Waals surface area contributed by atoms with E-state index in [0.717, 1.165) is 16.6 Å². The second-order valence-electron chi connectivity index (χ2n) is 6.21. The maximum Gasteiger partial charge on any atom is 0.334 e. The Morgan fingerprint density at radius 2 is 1.84 bits per heavy atom. The first-order chi connectivity index (χ1) is 15.0. The molecular formula is C20H14ClN5O3S2. The summed E-state index contributed by atoms with van der Waals surface area (Å²) in [4.78, 5) is 38.8. The zero-order valence-electron chi connectivity index (χ0n) is 15.7. The fourth-order valence-electron chi connectivity index (χ4n) is 2.71. The minimum absolute atomic E-state index is 0.0328. The van der Waals surface area contributed by atoms with Crippen LogP contribution in [0.15, 0.2) is 74.6 Å². The first-order valence-electron chi connectivity index (χ1n) is 8.93. The van der Waals surface area contributed by atoms with Crippen LogP contribution in [-0.4, -0.2) is 31.4 Å². The number of hydrogen-bond donors (Lipinski definition) is 2. The van der Waals surface area contributed by atoms with Crippen molar-refractivity contribution in [2.75, 3.05) is 11.1 Å². The molecule has 0 aliphatic carbocycles. The third kappa shape index (κ3) is 5.10. The van der Waals surface area contributed by atoms with Crippen molar-refractivity contribution < 1.29 is 4.79 Å². The number of carbonyl (C=O) groups excluding carboxylic acids is 1. The van der Waals surface area contributed by atoms with Crippen LogP contribution in [0.25, 0.3) is 16.3 Å². The average molecular weight is 472 g/mol. The Hall–Kier alpha value is -3.21. The van der Waals surface area contributed by atoms with Crippen molar-refractivity contribution in [2.45, 2.75) is 4.34 Å². The molecule has 2 N–H and O–H groups in total. The minimum atomic E-state index is -0.672. The lowest BCUT2D eigenvalue weighted by molar-refractivity contribution is -0.113. The molecule has 0 atom stereocenters.